The summed E-state index contributed by atoms with van der Waals surface area (Å²) in [6, 6.07) is 0. The molecule has 0 aromatic heterocycles. The van der Waals surface area contributed by atoms with Crippen LogP contribution >= 0.6 is 31.5 Å². The normalized spacial score (nSPS) is 14.4. The number of hydrogen-bond acceptors (Lipinski definition) is 2. The van der Waals surface area contributed by atoms with Crippen LogP contribution in [-0.2, 0) is 0 Å². The van der Waals surface area contributed by atoms with Gasteiger partial charge in [-0.05, 0) is 21.5 Å². The first kappa shape index (κ1) is 20.0. The lowest BCUT2D eigenvalue weighted by atomic mass is 10.1. The smallest absolute Gasteiger partial charge is 0.190 e. The Balaban J connectivity index is 6.41. The van der Waals surface area contributed by atoms with Crippen LogP contribution < -0.4 is 0 Å². The van der Waals surface area contributed by atoms with E-state index < -0.39 is 55.7 Å². The van der Waals surface area contributed by atoms with Crippen molar-refractivity contribution >= 4 is 31.5 Å². The fraction of sp³-hybridized carbons (Fsp3) is 0.667. The molecular formula is C6ClF11S2. The van der Waals surface area contributed by atoms with Gasteiger partial charge in [0.05, 0.1) is 4.91 Å². The van der Waals surface area contributed by atoms with Crippen LogP contribution in [0.15, 0.2) is 10.5 Å². The van der Waals surface area contributed by atoms with Crippen molar-refractivity contribution in [3.8, 4) is 0 Å². The molecule has 120 valence electrons. The molecule has 0 saturated heterocycles. The third-order valence-corrected chi connectivity index (χ3v) is 3.50. The SMILES string of the molecule is FC(F)(F)C(=C(SSCl)C(F)(F)C(F)(F)F)C(F)(F)F. The van der Waals surface area contributed by atoms with Gasteiger partial charge in [-0.1, -0.05) is 0 Å². The molecule has 0 saturated carbocycles. The summed E-state index contributed by atoms with van der Waals surface area (Å²) in [5, 5.41) is 0. The summed E-state index contributed by atoms with van der Waals surface area (Å²) in [7, 11) is 2.79. The molecule has 0 spiro atoms. The largest absolute Gasteiger partial charge is 0.458 e. The molecule has 0 N–H and O–H groups in total. The van der Waals surface area contributed by atoms with Crippen LogP contribution in [0.25, 0.3) is 0 Å². The fourth-order valence-electron chi connectivity index (χ4n) is 0.829. The maximum absolute atomic E-state index is 12.8. The second-order valence-corrected chi connectivity index (χ2v) is 5.63. The predicted octanol–water partition coefficient (Wildman–Crippen LogP) is 6.10. The van der Waals surface area contributed by atoms with Crippen LogP contribution in [0.5, 0.6) is 0 Å². The molecule has 14 heteroatoms. The van der Waals surface area contributed by atoms with Gasteiger partial charge in [-0.25, -0.2) is 0 Å². The van der Waals surface area contributed by atoms with E-state index in [4.69, 9.17) is 0 Å². The molecule has 0 radical (unpaired) electrons. The molecule has 0 aliphatic carbocycles. The van der Waals surface area contributed by atoms with Crippen molar-refractivity contribution in [2.75, 3.05) is 0 Å². The zero-order valence-electron chi connectivity index (χ0n) is 8.35. The number of allylic oxidation sites excluding steroid dienone is 2. The second kappa shape index (κ2) is 5.99. The first-order chi connectivity index (χ1) is 8.56. The number of halogens is 12. The average molecular weight is 381 g/mol. The number of rotatable bonds is 3. The van der Waals surface area contributed by atoms with Crippen LogP contribution in [0.4, 0.5) is 48.3 Å². The van der Waals surface area contributed by atoms with E-state index in [2.05, 4.69) is 10.7 Å². The summed E-state index contributed by atoms with van der Waals surface area (Å²) >= 11 is 0. The molecule has 0 bridgehead atoms. The highest BCUT2D eigenvalue weighted by Crippen LogP contribution is 2.55. The third kappa shape index (κ3) is 4.48. The highest BCUT2D eigenvalue weighted by molar-refractivity contribution is 8.86. The van der Waals surface area contributed by atoms with Crippen molar-refractivity contribution < 1.29 is 48.3 Å². The molecule has 0 aliphatic rings. The Labute approximate surface area is 115 Å². The first-order valence-electron chi connectivity index (χ1n) is 3.85. The molecule has 0 heterocycles. The standard InChI is InChI=1S/C6ClF11S2/c7-20-19-2(3(8,9)6(16,17)18)1(4(10,11)12)5(13,14)15. The van der Waals surface area contributed by atoms with Crippen molar-refractivity contribution in [3.63, 3.8) is 0 Å². The van der Waals surface area contributed by atoms with Crippen molar-refractivity contribution in [2.45, 2.75) is 24.5 Å². The van der Waals surface area contributed by atoms with E-state index in [9.17, 15) is 48.3 Å². The maximum Gasteiger partial charge on any atom is 0.458 e. The van der Waals surface area contributed by atoms with E-state index in [0.29, 0.717) is 0 Å². The predicted molar refractivity (Wildman–Crippen MR) is 51.2 cm³/mol. The minimum Gasteiger partial charge on any atom is -0.190 e. The summed E-state index contributed by atoms with van der Waals surface area (Å²) in [4.78, 5) is -3.27. The van der Waals surface area contributed by atoms with Crippen LogP contribution in [0.2, 0.25) is 0 Å². The van der Waals surface area contributed by atoms with Crippen molar-refractivity contribution in [2.24, 2.45) is 0 Å². The monoisotopic (exact) mass is 380 g/mol. The maximum atomic E-state index is 12.8. The Bertz CT molecular complexity index is 360. The zero-order valence-corrected chi connectivity index (χ0v) is 10.7. The second-order valence-electron chi connectivity index (χ2n) is 2.92. The Hall–Kier alpha value is -0.0400. The van der Waals surface area contributed by atoms with Crippen molar-refractivity contribution in [1.29, 1.82) is 0 Å². The van der Waals surface area contributed by atoms with Gasteiger partial charge in [-0.2, -0.15) is 48.3 Å². The van der Waals surface area contributed by atoms with Crippen LogP contribution in [0, 0.1) is 0 Å². The van der Waals surface area contributed by atoms with Gasteiger partial charge in [-0.15, -0.1) is 0 Å². The van der Waals surface area contributed by atoms with Crippen molar-refractivity contribution in [3.05, 3.63) is 10.5 Å². The molecule has 0 atom stereocenters. The summed E-state index contributed by atoms with van der Waals surface area (Å²) in [5.74, 6) is -6.36. The van der Waals surface area contributed by atoms with Gasteiger partial charge in [-0.3, -0.25) is 0 Å². The van der Waals surface area contributed by atoms with Gasteiger partial charge < -0.3 is 0 Å². The van der Waals surface area contributed by atoms with Crippen LogP contribution in [0.1, 0.15) is 0 Å². The summed E-state index contributed by atoms with van der Waals surface area (Å²) in [5.41, 5.74) is -3.95. The molecular weight excluding hydrogens is 381 g/mol. The van der Waals surface area contributed by atoms with E-state index in [1.54, 1.807) is 0 Å². The topological polar surface area (TPSA) is 0 Å². The fourth-order valence-corrected chi connectivity index (χ4v) is 2.75. The Morgan fingerprint density at radius 3 is 1.25 bits per heavy atom. The van der Waals surface area contributed by atoms with E-state index in [1.165, 1.54) is 0 Å². The van der Waals surface area contributed by atoms with Crippen molar-refractivity contribution in [1.82, 2.24) is 0 Å². The van der Waals surface area contributed by atoms with E-state index >= 15 is 0 Å². The summed E-state index contributed by atoms with van der Waals surface area (Å²) in [6.07, 6.45) is -19.6. The molecule has 0 rings (SSSR count). The number of alkyl halides is 11. The van der Waals surface area contributed by atoms with Crippen LogP contribution in [-0.4, -0.2) is 24.5 Å². The lowest BCUT2D eigenvalue weighted by molar-refractivity contribution is -0.264. The van der Waals surface area contributed by atoms with Gasteiger partial charge in [0.1, 0.15) is 0 Å². The van der Waals surface area contributed by atoms with E-state index in [-0.39, 0.29) is 0 Å². The molecule has 0 aliphatic heterocycles. The average Bonchev–Trinajstić information content (AvgIpc) is 2.10. The molecule has 0 unspecified atom stereocenters. The molecule has 0 nitrogen and oxygen atoms in total. The molecule has 20 heavy (non-hydrogen) atoms. The Morgan fingerprint density at radius 1 is 0.700 bits per heavy atom. The number of hydrogen-bond donors (Lipinski definition) is 0. The van der Waals surface area contributed by atoms with Gasteiger partial charge in [0.2, 0.25) is 0 Å². The molecule has 0 fully saturated rings. The van der Waals surface area contributed by atoms with Gasteiger partial charge in [0, 0.05) is 10.0 Å². The Morgan fingerprint density at radius 2 is 1.05 bits per heavy atom. The zero-order chi connectivity index (χ0) is 16.6. The van der Waals surface area contributed by atoms with E-state index in [0.717, 1.165) is 0 Å². The molecule has 0 aromatic rings. The highest BCUT2D eigenvalue weighted by atomic mass is 35.7. The van der Waals surface area contributed by atoms with Gasteiger partial charge >= 0.3 is 24.5 Å². The molecule has 0 aromatic carbocycles. The lowest BCUT2D eigenvalue weighted by Gasteiger charge is -2.26. The van der Waals surface area contributed by atoms with E-state index in [1.807, 2.05) is 0 Å². The summed E-state index contributed by atoms with van der Waals surface area (Å²) < 4.78 is 134. The lowest BCUT2D eigenvalue weighted by Crippen LogP contribution is -2.41. The minimum absolute atomic E-state index is 0.636. The first-order valence-corrected chi connectivity index (χ1v) is 6.83. The minimum atomic E-state index is -6.65. The van der Waals surface area contributed by atoms with Gasteiger partial charge in [0.15, 0.2) is 5.57 Å². The Kier molecular flexibility index (Phi) is 5.98. The summed E-state index contributed by atoms with van der Waals surface area (Å²) in [6.45, 7) is 0. The third-order valence-electron chi connectivity index (χ3n) is 1.55. The molecule has 0 amide bonds. The highest BCUT2D eigenvalue weighted by Gasteiger charge is 2.66. The van der Waals surface area contributed by atoms with Gasteiger partial charge in [0.25, 0.3) is 0 Å². The quantitative estimate of drug-likeness (QED) is 0.429. The van der Waals surface area contributed by atoms with Crippen LogP contribution in [0.3, 0.4) is 0 Å².